The second-order valence-electron chi connectivity index (χ2n) is 7.58. The molecule has 0 aliphatic carbocycles. The van der Waals surface area contributed by atoms with Crippen LogP contribution < -0.4 is 20.1 Å². The molecule has 0 saturated carbocycles. The fourth-order valence-corrected chi connectivity index (χ4v) is 4.00. The summed E-state index contributed by atoms with van der Waals surface area (Å²) in [7, 11) is 0. The number of carbonyl (C=O) groups is 1. The number of fused-ring (bicyclic) bond motifs is 2. The number of anilines is 2. The Hall–Kier alpha value is -3.60. The quantitative estimate of drug-likeness (QED) is 0.462. The van der Waals surface area contributed by atoms with Gasteiger partial charge in [-0.15, -0.1) is 0 Å². The van der Waals surface area contributed by atoms with Crippen LogP contribution in [0.4, 0.5) is 24.7 Å². The summed E-state index contributed by atoms with van der Waals surface area (Å²) in [6, 6.07) is 7.54. The first-order valence-corrected chi connectivity index (χ1v) is 10.2. The van der Waals surface area contributed by atoms with Crippen molar-refractivity contribution in [1.29, 1.82) is 0 Å². The van der Waals surface area contributed by atoms with Crippen molar-refractivity contribution in [3.8, 4) is 17.2 Å². The third-order valence-electron chi connectivity index (χ3n) is 5.43. The number of amides is 1. The lowest BCUT2D eigenvalue weighted by Gasteiger charge is -2.33. The molecule has 3 N–H and O–H groups in total. The molecular weight excluding hydrogens is 465 g/mol. The highest BCUT2D eigenvalue weighted by Crippen LogP contribution is 2.45. The van der Waals surface area contributed by atoms with Crippen molar-refractivity contribution in [3.63, 3.8) is 0 Å². The topological polar surface area (TPSA) is 97.6 Å². The Labute approximate surface area is 189 Å². The third kappa shape index (κ3) is 3.99. The van der Waals surface area contributed by atoms with Crippen LogP contribution in [0, 0.1) is 0 Å². The number of hydrogen-bond donors (Lipinski definition) is 3. The lowest BCUT2D eigenvalue weighted by atomic mass is 9.96. The highest BCUT2D eigenvalue weighted by molar-refractivity contribution is 6.31. The molecule has 0 fully saturated rings. The monoisotopic (exact) mass is 480 g/mol. The van der Waals surface area contributed by atoms with Crippen molar-refractivity contribution in [2.24, 2.45) is 0 Å². The van der Waals surface area contributed by atoms with E-state index in [1.165, 1.54) is 24.3 Å². The van der Waals surface area contributed by atoms with E-state index in [9.17, 15) is 23.1 Å². The molecule has 2 aliphatic rings. The number of rotatable bonds is 3. The van der Waals surface area contributed by atoms with E-state index < -0.39 is 24.2 Å². The van der Waals surface area contributed by atoms with Gasteiger partial charge in [0.25, 0.3) is 5.91 Å². The van der Waals surface area contributed by atoms with Gasteiger partial charge in [0.2, 0.25) is 6.79 Å². The number of nitrogens with one attached hydrogen (secondary N) is 2. The van der Waals surface area contributed by atoms with Crippen LogP contribution in [0.15, 0.2) is 42.5 Å². The fourth-order valence-electron chi connectivity index (χ4n) is 3.83. The highest BCUT2D eigenvalue weighted by Gasteiger charge is 2.47. The van der Waals surface area contributed by atoms with Crippen LogP contribution in [0.1, 0.15) is 34.6 Å². The number of halogens is 4. The maximum atomic E-state index is 13.9. The van der Waals surface area contributed by atoms with Gasteiger partial charge in [-0.3, -0.25) is 4.79 Å². The number of aromatic nitrogens is 2. The molecule has 0 saturated heterocycles. The van der Waals surface area contributed by atoms with Crippen molar-refractivity contribution >= 4 is 29.0 Å². The van der Waals surface area contributed by atoms with E-state index in [1.54, 1.807) is 18.2 Å². The normalized spacial score (nSPS) is 19.0. The van der Waals surface area contributed by atoms with Gasteiger partial charge < -0.3 is 25.2 Å². The van der Waals surface area contributed by atoms with E-state index in [-0.39, 0.29) is 41.2 Å². The van der Waals surface area contributed by atoms with Crippen molar-refractivity contribution in [2.45, 2.75) is 24.7 Å². The molecule has 3 heterocycles. The summed E-state index contributed by atoms with van der Waals surface area (Å²) < 4.78 is 53.1. The molecule has 12 heteroatoms. The molecule has 3 aromatic rings. The predicted octanol–water partition coefficient (Wildman–Crippen LogP) is 4.88. The number of ether oxygens (including phenoxy) is 2. The van der Waals surface area contributed by atoms with Crippen molar-refractivity contribution < 1.29 is 32.5 Å². The minimum absolute atomic E-state index is 0.0111. The van der Waals surface area contributed by atoms with Gasteiger partial charge in [-0.2, -0.15) is 18.3 Å². The first-order valence-electron chi connectivity index (χ1n) is 9.81. The molecule has 33 heavy (non-hydrogen) atoms. The number of aromatic hydroxyl groups is 1. The van der Waals surface area contributed by atoms with Crippen LogP contribution in [0.5, 0.6) is 17.2 Å². The summed E-state index contributed by atoms with van der Waals surface area (Å²) in [5.41, 5.74) is 0.338. The summed E-state index contributed by atoms with van der Waals surface area (Å²) in [5, 5.41) is 19.5. The zero-order valence-corrected chi connectivity index (χ0v) is 17.4. The van der Waals surface area contributed by atoms with E-state index in [0.717, 1.165) is 4.68 Å². The molecule has 0 spiro atoms. The molecule has 1 aromatic heterocycles. The van der Waals surface area contributed by atoms with Crippen LogP contribution in [0.2, 0.25) is 5.02 Å². The number of hydrogen-bond acceptors (Lipinski definition) is 6. The summed E-state index contributed by atoms with van der Waals surface area (Å²) in [6.45, 7) is 0.0511. The van der Waals surface area contributed by atoms with E-state index in [1.807, 2.05) is 0 Å². The molecule has 2 aromatic carbocycles. The zero-order chi connectivity index (χ0) is 23.3. The lowest BCUT2D eigenvalue weighted by Crippen LogP contribution is -2.35. The molecule has 5 rings (SSSR count). The SMILES string of the molecule is O=C(Nc1cc(Cl)ccc1O)c1cc2n(n1)[C@@H](C(F)(F)F)C[C@@H](c1ccc3c(c1)OCO3)N2. The largest absolute Gasteiger partial charge is 0.506 e. The average molecular weight is 481 g/mol. The lowest BCUT2D eigenvalue weighted by molar-refractivity contribution is -0.173. The molecular formula is C21H16ClF3N4O4. The summed E-state index contributed by atoms with van der Waals surface area (Å²) in [4.78, 5) is 12.7. The molecule has 172 valence electrons. The molecule has 0 radical (unpaired) electrons. The van der Waals surface area contributed by atoms with Crippen molar-refractivity contribution in [1.82, 2.24) is 9.78 Å². The van der Waals surface area contributed by atoms with Crippen LogP contribution in [0.25, 0.3) is 0 Å². The van der Waals surface area contributed by atoms with Crippen LogP contribution in [0.3, 0.4) is 0 Å². The summed E-state index contributed by atoms with van der Waals surface area (Å²) in [6.07, 6.45) is -4.94. The zero-order valence-electron chi connectivity index (χ0n) is 16.7. The first kappa shape index (κ1) is 21.3. The van der Waals surface area contributed by atoms with Crippen molar-refractivity contribution in [3.05, 3.63) is 58.7 Å². The van der Waals surface area contributed by atoms with E-state index in [4.69, 9.17) is 21.1 Å². The van der Waals surface area contributed by atoms with Gasteiger partial charge in [-0.25, -0.2) is 4.68 Å². The Bertz CT molecular complexity index is 1250. The number of phenolic OH excluding ortho intramolecular Hbond substituents is 1. The van der Waals surface area contributed by atoms with Gasteiger partial charge >= 0.3 is 6.18 Å². The van der Waals surface area contributed by atoms with E-state index in [0.29, 0.717) is 17.1 Å². The molecule has 1 amide bonds. The Balaban J connectivity index is 1.45. The first-order chi connectivity index (χ1) is 15.7. The second-order valence-corrected chi connectivity index (χ2v) is 8.01. The number of benzene rings is 2. The number of alkyl halides is 3. The Morgan fingerprint density at radius 2 is 1.97 bits per heavy atom. The maximum Gasteiger partial charge on any atom is 0.410 e. The van der Waals surface area contributed by atoms with Gasteiger partial charge in [0.15, 0.2) is 23.2 Å². The standard InChI is InChI=1S/C21H16ClF3N4O4/c22-11-2-3-15(30)13(6-11)27-20(31)14-8-19-26-12(7-18(21(23,24)25)29(19)28-14)10-1-4-16-17(5-10)33-9-32-16/h1-6,8,12,18,26,30H,7,9H2,(H,27,31)/t12-,18+/m0/s1. The highest BCUT2D eigenvalue weighted by atomic mass is 35.5. The van der Waals surface area contributed by atoms with Crippen LogP contribution in [-0.4, -0.2) is 33.8 Å². The maximum absolute atomic E-state index is 13.9. The van der Waals surface area contributed by atoms with Crippen LogP contribution in [-0.2, 0) is 0 Å². The van der Waals surface area contributed by atoms with Crippen molar-refractivity contribution in [2.75, 3.05) is 17.4 Å². The minimum atomic E-state index is -4.60. The number of carbonyl (C=O) groups excluding carboxylic acids is 1. The Kier molecular flexibility index (Phi) is 5.00. The van der Waals surface area contributed by atoms with E-state index in [2.05, 4.69) is 15.7 Å². The smallest absolute Gasteiger partial charge is 0.410 e. The number of nitrogens with zero attached hydrogens (tertiary/aromatic N) is 2. The molecule has 8 nitrogen and oxygen atoms in total. The van der Waals surface area contributed by atoms with Gasteiger partial charge in [0, 0.05) is 17.5 Å². The second kappa shape index (κ2) is 7.77. The molecule has 2 atom stereocenters. The fraction of sp³-hybridized carbons (Fsp3) is 0.238. The predicted molar refractivity (Wildman–Crippen MR) is 112 cm³/mol. The molecule has 0 bridgehead atoms. The van der Waals surface area contributed by atoms with Gasteiger partial charge in [0.05, 0.1) is 11.7 Å². The summed E-state index contributed by atoms with van der Waals surface area (Å²) in [5.74, 6) is -0.0250. The van der Waals surface area contributed by atoms with E-state index >= 15 is 0 Å². The van der Waals surface area contributed by atoms with Gasteiger partial charge in [-0.1, -0.05) is 17.7 Å². The Morgan fingerprint density at radius 3 is 2.76 bits per heavy atom. The van der Waals surface area contributed by atoms with Crippen LogP contribution >= 0.6 is 11.6 Å². The van der Waals surface area contributed by atoms with Gasteiger partial charge in [0.1, 0.15) is 11.6 Å². The minimum Gasteiger partial charge on any atom is -0.506 e. The number of phenols is 1. The molecule has 2 aliphatic heterocycles. The summed E-state index contributed by atoms with van der Waals surface area (Å²) >= 11 is 5.87. The third-order valence-corrected chi connectivity index (χ3v) is 5.66. The Morgan fingerprint density at radius 1 is 1.18 bits per heavy atom. The average Bonchev–Trinajstić information content (AvgIpc) is 3.41. The molecule has 0 unspecified atom stereocenters. The van der Waals surface area contributed by atoms with Gasteiger partial charge in [-0.05, 0) is 35.9 Å².